The Bertz CT molecular complexity index is 1120. The molecule has 0 aromatic heterocycles. The van der Waals surface area contributed by atoms with Gasteiger partial charge in [0.2, 0.25) is 0 Å². The number of anilines is 1. The van der Waals surface area contributed by atoms with Crippen LogP contribution in [-0.2, 0) is 14.3 Å². The monoisotopic (exact) mass is 460 g/mol. The van der Waals surface area contributed by atoms with Crippen molar-refractivity contribution in [1.29, 1.82) is 0 Å². The SMILES string of the molecule is O=C(COC(=O)c1ccc2c(c1)C(=O)N(CC1CCCO1)C2=O)Nc1ccc(F)cc1Cl. The fraction of sp³-hybridized carbons (Fsp3) is 0.273. The van der Waals surface area contributed by atoms with Gasteiger partial charge in [-0.1, -0.05) is 11.6 Å². The quantitative estimate of drug-likeness (QED) is 0.525. The van der Waals surface area contributed by atoms with Crippen LogP contribution in [0.1, 0.15) is 43.9 Å². The number of halogens is 2. The highest BCUT2D eigenvalue weighted by atomic mass is 35.5. The fourth-order valence-corrected chi connectivity index (χ4v) is 3.78. The number of esters is 1. The van der Waals surface area contributed by atoms with Crippen molar-refractivity contribution in [2.75, 3.05) is 25.1 Å². The van der Waals surface area contributed by atoms with Crippen LogP contribution in [0.15, 0.2) is 36.4 Å². The number of ether oxygens (including phenoxy) is 2. The van der Waals surface area contributed by atoms with Gasteiger partial charge < -0.3 is 14.8 Å². The molecule has 0 bridgehead atoms. The van der Waals surface area contributed by atoms with Crippen LogP contribution in [0.3, 0.4) is 0 Å². The molecule has 0 saturated carbocycles. The molecule has 10 heteroatoms. The van der Waals surface area contributed by atoms with Crippen LogP contribution in [0.25, 0.3) is 0 Å². The number of nitrogens with zero attached hydrogens (tertiary/aromatic N) is 1. The maximum absolute atomic E-state index is 13.1. The maximum Gasteiger partial charge on any atom is 0.338 e. The molecule has 0 radical (unpaired) electrons. The number of carbonyl (C=O) groups excluding carboxylic acids is 4. The lowest BCUT2D eigenvalue weighted by Crippen LogP contribution is -2.36. The highest BCUT2D eigenvalue weighted by Crippen LogP contribution is 2.26. The Morgan fingerprint density at radius 1 is 1.16 bits per heavy atom. The topological polar surface area (TPSA) is 102 Å². The summed E-state index contributed by atoms with van der Waals surface area (Å²) in [6.45, 7) is 0.144. The molecule has 0 spiro atoms. The number of hydrogen-bond donors (Lipinski definition) is 1. The van der Waals surface area contributed by atoms with Gasteiger partial charge in [-0.05, 0) is 49.2 Å². The van der Waals surface area contributed by atoms with Crippen LogP contribution in [-0.4, -0.2) is 54.5 Å². The summed E-state index contributed by atoms with van der Waals surface area (Å²) in [5, 5.41) is 2.41. The molecule has 166 valence electrons. The first-order chi connectivity index (χ1) is 15.3. The van der Waals surface area contributed by atoms with E-state index in [1.807, 2.05) is 0 Å². The number of carbonyl (C=O) groups is 4. The Kier molecular flexibility index (Phi) is 6.20. The summed E-state index contributed by atoms with van der Waals surface area (Å²) in [5.74, 6) is -3.01. The van der Waals surface area contributed by atoms with E-state index in [0.717, 1.165) is 29.9 Å². The standard InChI is InChI=1S/C22H18ClFN2O6/c23-17-9-13(24)4-6-18(17)25-19(27)11-32-22(30)12-3-5-15-16(8-12)21(29)26(20(15)28)10-14-2-1-7-31-14/h3-6,8-9,14H,1-2,7,10-11H2,(H,25,27). The molecule has 2 aliphatic heterocycles. The number of benzene rings is 2. The molecule has 1 fully saturated rings. The lowest BCUT2D eigenvalue weighted by Gasteiger charge is -2.17. The van der Waals surface area contributed by atoms with Crippen molar-refractivity contribution in [2.45, 2.75) is 18.9 Å². The van der Waals surface area contributed by atoms with Gasteiger partial charge in [-0.2, -0.15) is 0 Å². The van der Waals surface area contributed by atoms with E-state index in [9.17, 15) is 23.6 Å². The molecule has 3 amide bonds. The van der Waals surface area contributed by atoms with E-state index >= 15 is 0 Å². The van der Waals surface area contributed by atoms with Crippen molar-refractivity contribution in [3.05, 3.63) is 63.9 Å². The smallest absolute Gasteiger partial charge is 0.338 e. The summed E-state index contributed by atoms with van der Waals surface area (Å²) >= 11 is 5.84. The van der Waals surface area contributed by atoms with Crippen molar-refractivity contribution >= 4 is 41.0 Å². The van der Waals surface area contributed by atoms with E-state index in [0.29, 0.717) is 6.61 Å². The molecule has 1 atom stereocenters. The fourth-order valence-electron chi connectivity index (χ4n) is 3.57. The summed E-state index contributed by atoms with van der Waals surface area (Å²) in [4.78, 5) is 50.7. The molecule has 1 saturated heterocycles. The summed E-state index contributed by atoms with van der Waals surface area (Å²) in [5.41, 5.74) is 0.497. The first-order valence-corrected chi connectivity index (χ1v) is 10.2. The number of fused-ring (bicyclic) bond motifs is 1. The van der Waals surface area contributed by atoms with E-state index in [2.05, 4.69) is 5.32 Å². The van der Waals surface area contributed by atoms with Gasteiger partial charge in [0.25, 0.3) is 17.7 Å². The van der Waals surface area contributed by atoms with Crippen LogP contribution in [0.2, 0.25) is 5.02 Å². The zero-order valence-electron chi connectivity index (χ0n) is 16.7. The second kappa shape index (κ2) is 9.05. The van der Waals surface area contributed by atoms with Crippen molar-refractivity contribution in [2.24, 2.45) is 0 Å². The summed E-state index contributed by atoms with van der Waals surface area (Å²) in [6, 6.07) is 7.47. The lowest BCUT2D eigenvalue weighted by molar-refractivity contribution is -0.119. The van der Waals surface area contributed by atoms with Crippen molar-refractivity contribution < 1.29 is 33.0 Å². The molecule has 8 nitrogen and oxygen atoms in total. The molecule has 2 heterocycles. The highest BCUT2D eigenvalue weighted by Gasteiger charge is 2.38. The first kappa shape index (κ1) is 21.9. The van der Waals surface area contributed by atoms with Crippen molar-refractivity contribution in [3.63, 3.8) is 0 Å². The third kappa shape index (κ3) is 4.49. The highest BCUT2D eigenvalue weighted by molar-refractivity contribution is 6.33. The Hall–Kier alpha value is -3.30. The van der Waals surface area contributed by atoms with Gasteiger partial charge in [-0.25, -0.2) is 9.18 Å². The van der Waals surface area contributed by atoms with E-state index in [1.165, 1.54) is 24.3 Å². The summed E-state index contributed by atoms with van der Waals surface area (Å²) in [7, 11) is 0. The minimum absolute atomic E-state index is 0.000892. The molecular weight excluding hydrogens is 443 g/mol. The number of amides is 3. The zero-order chi connectivity index (χ0) is 22.8. The van der Waals surface area contributed by atoms with Crippen molar-refractivity contribution in [1.82, 2.24) is 4.90 Å². The second-order valence-corrected chi connectivity index (χ2v) is 7.77. The van der Waals surface area contributed by atoms with Gasteiger partial charge in [0.1, 0.15) is 5.82 Å². The van der Waals surface area contributed by atoms with E-state index < -0.39 is 36.1 Å². The maximum atomic E-state index is 13.1. The minimum Gasteiger partial charge on any atom is -0.452 e. The molecule has 2 aromatic rings. The molecule has 2 aromatic carbocycles. The van der Waals surface area contributed by atoms with Crippen molar-refractivity contribution in [3.8, 4) is 0 Å². The molecule has 4 rings (SSSR count). The van der Waals surface area contributed by atoms with E-state index in [4.69, 9.17) is 21.1 Å². The Labute approximate surface area is 187 Å². The molecule has 1 unspecified atom stereocenters. The molecular formula is C22H18ClFN2O6. The van der Waals surface area contributed by atoms with Gasteiger partial charge in [-0.15, -0.1) is 0 Å². The van der Waals surface area contributed by atoms with Crippen LogP contribution in [0.5, 0.6) is 0 Å². The Morgan fingerprint density at radius 2 is 1.94 bits per heavy atom. The molecule has 1 N–H and O–H groups in total. The lowest BCUT2D eigenvalue weighted by atomic mass is 10.1. The van der Waals surface area contributed by atoms with E-state index in [1.54, 1.807) is 0 Å². The summed E-state index contributed by atoms with van der Waals surface area (Å²) < 4.78 is 23.6. The number of imide groups is 1. The number of nitrogens with one attached hydrogen (secondary N) is 1. The normalized spacial score (nSPS) is 17.4. The van der Waals surface area contributed by atoms with Crippen LogP contribution in [0.4, 0.5) is 10.1 Å². The van der Waals surface area contributed by atoms with Gasteiger partial charge >= 0.3 is 5.97 Å². The van der Waals surface area contributed by atoms with Gasteiger partial charge in [0, 0.05) is 6.61 Å². The molecule has 32 heavy (non-hydrogen) atoms. The Balaban J connectivity index is 1.38. The second-order valence-electron chi connectivity index (χ2n) is 7.36. The van der Waals surface area contributed by atoms with Crippen LogP contribution in [0, 0.1) is 5.82 Å². The van der Waals surface area contributed by atoms with Gasteiger partial charge in [-0.3, -0.25) is 19.3 Å². The predicted molar refractivity (Wildman–Crippen MR) is 111 cm³/mol. The van der Waals surface area contributed by atoms with Gasteiger partial charge in [0.05, 0.1) is 40.0 Å². The third-order valence-electron chi connectivity index (χ3n) is 5.16. The first-order valence-electron chi connectivity index (χ1n) is 9.87. The third-order valence-corrected chi connectivity index (χ3v) is 5.47. The Morgan fingerprint density at radius 3 is 2.66 bits per heavy atom. The van der Waals surface area contributed by atoms with Crippen LogP contribution < -0.4 is 5.32 Å². The van der Waals surface area contributed by atoms with Crippen LogP contribution >= 0.6 is 11.6 Å². The molecule has 0 aliphatic carbocycles. The average Bonchev–Trinajstić information content (AvgIpc) is 3.37. The number of hydrogen-bond acceptors (Lipinski definition) is 6. The average molecular weight is 461 g/mol. The zero-order valence-corrected chi connectivity index (χ0v) is 17.5. The predicted octanol–water partition coefficient (Wildman–Crippen LogP) is 3.05. The molecule has 2 aliphatic rings. The minimum atomic E-state index is -0.842. The summed E-state index contributed by atoms with van der Waals surface area (Å²) in [6.07, 6.45) is 1.47. The van der Waals surface area contributed by atoms with E-state index in [-0.39, 0.29) is 40.0 Å². The number of rotatable bonds is 6. The van der Waals surface area contributed by atoms with Gasteiger partial charge in [0.15, 0.2) is 6.61 Å². The largest absolute Gasteiger partial charge is 0.452 e.